The first-order valence-corrected chi connectivity index (χ1v) is 10.2. The van der Waals surface area contributed by atoms with Gasteiger partial charge >= 0.3 is 0 Å². The predicted octanol–water partition coefficient (Wildman–Crippen LogP) is 2.41. The molecule has 1 aliphatic heterocycles. The number of sulfonamides is 1. The fourth-order valence-electron chi connectivity index (χ4n) is 3.43. The molecule has 0 unspecified atom stereocenters. The highest BCUT2D eigenvalue weighted by Gasteiger charge is 2.21. The summed E-state index contributed by atoms with van der Waals surface area (Å²) in [6.45, 7) is 2.27. The Balaban J connectivity index is 1.81. The van der Waals surface area contributed by atoms with Crippen molar-refractivity contribution in [1.82, 2.24) is 14.2 Å². The average molecular weight is 350 g/mol. The molecule has 1 aliphatic rings. The number of aryl methyl sites for hydroxylation is 1. The summed E-state index contributed by atoms with van der Waals surface area (Å²) in [5, 5.41) is 1.25. The van der Waals surface area contributed by atoms with Gasteiger partial charge in [0.1, 0.15) is 0 Å². The van der Waals surface area contributed by atoms with E-state index in [9.17, 15) is 8.42 Å². The topological polar surface area (TPSA) is 56.4 Å². The number of fused-ring (bicyclic) bond motifs is 1. The minimum atomic E-state index is -3.15. The van der Waals surface area contributed by atoms with E-state index >= 15 is 0 Å². The molecule has 0 saturated carbocycles. The molecule has 0 aliphatic carbocycles. The second kappa shape index (κ2) is 6.86. The van der Waals surface area contributed by atoms with Crippen LogP contribution in [0.1, 0.15) is 29.9 Å². The zero-order valence-corrected chi connectivity index (χ0v) is 15.6. The van der Waals surface area contributed by atoms with Crippen LogP contribution in [0.2, 0.25) is 0 Å². The molecule has 2 heterocycles. The van der Waals surface area contributed by atoms with E-state index < -0.39 is 10.0 Å². The van der Waals surface area contributed by atoms with Crippen molar-refractivity contribution < 1.29 is 8.42 Å². The van der Waals surface area contributed by atoms with E-state index in [2.05, 4.69) is 35.3 Å². The van der Waals surface area contributed by atoms with Gasteiger partial charge in [-0.15, -0.1) is 0 Å². The number of hydrogen-bond donors (Lipinski definition) is 1. The molecular formula is C18H27N3O2S. The quantitative estimate of drug-likeness (QED) is 0.902. The van der Waals surface area contributed by atoms with Gasteiger partial charge in [0.15, 0.2) is 0 Å². The van der Waals surface area contributed by atoms with Gasteiger partial charge in [0.25, 0.3) is 0 Å². The Morgan fingerprint density at radius 2 is 1.96 bits per heavy atom. The molecular weight excluding hydrogens is 322 g/mol. The number of aromatic amines is 1. The molecule has 0 bridgehead atoms. The van der Waals surface area contributed by atoms with Gasteiger partial charge < -0.3 is 9.88 Å². The van der Waals surface area contributed by atoms with Gasteiger partial charge in [-0.25, -0.2) is 12.7 Å². The van der Waals surface area contributed by atoms with Gasteiger partial charge in [-0.05, 0) is 68.6 Å². The molecule has 24 heavy (non-hydrogen) atoms. The van der Waals surface area contributed by atoms with Crippen molar-refractivity contribution in [2.24, 2.45) is 0 Å². The van der Waals surface area contributed by atoms with Crippen molar-refractivity contribution in [3.8, 4) is 0 Å². The Morgan fingerprint density at radius 1 is 1.25 bits per heavy atom. The summed E-state index contributed by atoms with van der Waals surface area (Å²) in [4.78, 5) is 5.75. The number of benzene rings is 1. The van der Waals surface area contributed by atoms with Gasteiger partial charge in [0, 0.05) is 31.2 Å². The van der Waals surface area contributed by atoms with E-state index in [1.807, 2.05) is 6.07 Å². The maximum absolute atomic E-state index is 12.0. The molecule has 2 aromatic rings. The van der Waals surface area contributed by atoms with Crippen LogP contribution >= 0.6 is 0 Å². The highest BCUT2D eigenvalue weighted by atomic mass is 32.2. The number of hydrogen-bond acceptors (Lipinski definition) is 3. The standard InChI is InChI=1S/C18H27N3O2S/c1-20(2)24(22,23)11-8-14-4-5-18-16(12-14)17(13-19-18)15-6-9-21(3)10-7-15/h4-5,12-13,15,19H,6-11H2,1-3H3. The molecule has 0 radical (unpaired) electrons. The zero-order valence-electron chi connectivity index (χ0n) is 14.7. The third-order valence-electron chi connectivity index (χ3n) is 5.14. The van der Waals surface area contributed by atoms with Gasteiger partial charge in [-0.1, -0.05) is 6.07 Å². The molecule has 1 aromatic carbocycles. The molecule has 6 heteroatoms. The summed E-state index contributed by atoms with van der Waals surface area (Å²) < 4.78 is 25.3. The van der Waals surface area contributed by atoms with Crippen molar-refractivity contribution in [1.29, 1.82) is 0 Å². The second-order valence-electron chi connectivity index (χ2n) is 7.05. The Bertz CT molecular complexity index is 803. The molecule has 3 rings (SSSR count). The number of nitrogens with zero attached hydrogens (tertiary/aromatic N) is 2. The molecule has 1 fully saturated rings. The normalized spacial score (nSPS) is 17.8. The van der Waals surface area contributed by atoms with Crippen LogP contribution < -0.4 is 0 Å². The first-order chi connectivity index (χ1) is 11.4. The third-order valence-corrected chi connectivity index (χ3v) is 6.97. The molecule has 1 saturated heterocycles. The maximum Gasteiger partial charge on any atom is 0.213 e. The fourth-order valence-corrected chi connectivity index (χ4v) is 4.29. The summed E-state index contributed by atoms with van der Waals surface area (Å²) >= 11 is 0. The highest BCUT2D eigenvalue weighted by molar-refractivity contribution is 7.89. The SMILES string of the molecule is CN1CCC(c2c[nH]c3ccc(CCS(=O)(=O)N(C)C)cc23)CC1. The zero-order chi connectivity index (χ0) is 17.3. The Morgan fingerprint density at radius 3 is 2.62 bits per heavy atom. The molecule has 5 nitrogen and oxygen atoms in total. The molecule has 0 amide bonds. The monoisotopic (exact) mass is 349 g/mol. The number of aromatic nitrogens is 1. The lowest BCUT2D eigenvalue weighted by Crippen LogP contribution is -2.29. The molecule has 0 spiro atoms. The van der Waals surface area contributed by atoms with Crippen LogP contribution in [0.25, 0.3) is 10.9 Å². The van der Waals surface area contributed by atoms with Crippen molar-refractivity contribution in [3.63, 3.8) is 0 Å². The summed E-state index contributed by atoms with van der Waals surface area (Å²) in [6, 6.07) is 6.28. The Hall–Kier alpha value is -1.37. The van der Waals surface area contributed by atoms with Gasteiger partial charge in [-0.2, -0.15) is 0 Å². The predicted molar refractivity (Wildman–Crippen MR) is 98.9 cm³/mol. The van der Waals surface area contributed by atoms with Gasteiger partial charge in [0.05, 0.1) is 5.75 Å². The van der Waals surface area contributed by atoms with Crippen LogP contribution in [0.15, 0.2) is 24.4 Å². The molecule has 1 aromatic heterocycles. The van der Waals surface area contributed by atoms with Crippen molar-refractivity contribution >= 4 is 20.9 Å². The minimum absolute atomic E-state index is 0.152. The van der Waals surface area contributed by atoms with Crippen molar-refractivity contribution in [3.05, 3.63) is 35.5 Å². The average Bonchev–Trinajstić information content (AvgIpc) is 2.97. The van der Waals surface area contributed by atoms with Crippen LogP contribution in [0, 0.1) is 0 Å². The Kier molecular flexibility index (Phi) is 4.99. The molecule has 0 atom stereocenters. The smallest absolute Gasteiger partial charge is 0.213 e. The Labute approximate surface area is 144 Å². The summed E-state index contributed by atoms with van der Waals surface area (Å²) in [7, 11) is 2.19. The lowest BCUT2D eigenvalue weighted by Gasteiger charge is -2.28. The van der Waals surface area contributed by atoms with Crippen LogP contribution in [-0.2, 0) is 16.4 Å². The first-order valence-electron chi connectivity index (χ1n) is 8.55. The summed E-state index contributed by atoms with van der Waals surface area (Å²) in [5.41, 5.74) is 3.61. The highest BCUT2D eigenvalue weighted by Crippen LogP contribution is 2.33. The van der Waals surface area contributed by atoms with Crippen molar-refractivity contribution in [2.45, 2.75) is 25.2 Å². The van der Waals surface area contributed by atoms with Gasteiger partial charge in [-0.3, -0.25) is 0 Å². The maximum atomic E-state index is 12.0. The van der Waals surface area contributed by atoms with Crippen LogP contribution in [-0.4, -0.2) is 62.6 Å². The van der Waals surface area contributed by atoms with E-state index in [1.165, 1.54) is 28.1 Å². The van der Waals surface area contributed by atoms with E-state index in [0.717, 1.165) is 24.2 Å². The van der Waals surface area contributed by atoms with Crippen molar-refractivity contribution in [2.75, 3.05) is 40.0 Å². The number of H-pyrrole nitrogens is 1. The van der Waals surface area contributed by atoms with E-state index in [1.54, 1.807) is 14.1 Å². The largest absolute Gasteiger partial charge is 0.361 e. The molecule has 132 valence electrons. The van der Waals surface area contributed by atoms with E-state index in [-0.39, 0.29) is 5.75 Å². The molecule has 1 N–H and O–H groups in total. The fraction of sp³-hybridized carbons (Fsp3) is 0.556. The number of likely N-dealkylation sites (tertiary alicyclic amines) is 1. The lowest BCUT2D eigenvalue weighted by molar-refractivity contribution is 0.256. The minimum Gasteiger partial charge on any atom is -0.361 e. The number of piperidine rings is 1. The van der Waals surface area contributed by atoms with Crippen LogP contribution in [0.5, 0.6) is 0 Å². The van der Waals surface area contributed by atoms with Crippen LogP contribution in [0.3, 0.4) is 0 Å². The summed E-state index contributed by atoms with van der Waals surface area (Å²) in [5.74, 6) is 0.746. The van der Waals surface area contributed by atoms with Crippen LogP contribution in [0.4, 0.5) is 0 Å². The van der Waals surface area contributed by atoms with Gasteiger partial charge in [0.2, 0.25) is 10.0 Å². The lowest BCUT2D eigenvalue weighted by atomic mass is 9.89. The second-order valence-corrected chi connectivity index (χ2v) is 9.35. The third kappa shape index (κ3) is 3.66. The number of rotatable bonds is 5. The van der Waals surface area contributed by atoms with E-state index in [4.69, 9.17) is 0 Å². The number of nitrogens with one attached hydrogen (secondary N) is 1. The summed E-state index contributed by atoms with van der Waals surface area (Å²) in [6.07, 6.45) is 5.06. The first kappa shape index (κ1) is 17.5. The van der Waals surface area contributed by atoms with E-state index in [0.29, 0.717) is 12.3 Å².